The molecule has 3 heterocycles. The van der Waals surface area contributed by atoms with Gasteiger partial charge in [-0.05, 0) is 73.1 Å². The van der Waals surface area contributed by atoms with Crippen LogP contribution >= 0.6 is 0 Å². The number of halogens is 2. The highest BCUT2D eigenvalue weighted by Crippen LogP contribution is 2.38. The smallest absolute Gasteiger partial charge is 0.274 e. The highest BCUT2D eigenvalue weighted by Gasteiger charge is 2.17. The van der Waals surface area contributed by atoms with Crippen molar-refractivity contribution < 1.29 is 27.8 Å². The average molecular weight is 640 g/mol. The Morgan fingerprint density at radius 1 is 0.830 bits per heavy atom. The lowest BCUT2D eigenvalue weighted by atomic mass is 10.1. The summed E-state index contributed by atoms with van der Waals surface area (Å²) in [4.78, 5) is 26.3. The van der Waals surface area contributed by atoms with Gasteiger partial charge in [0.05, 0.1) is 19.2 Å². The van der Waals surface area contributed by atoms with E-state index in [-0.39, 0.29) is 22.9 Å². The second kappa shape index (κ2) is 14.5. The van der Waals surface area contributed by atoms with Crippen molar-refractivity contribution >= 4 is 22.5 Å². The second-order valence-electron chi connectivity index (χ2n) is 11.3. The van der Waals surface area contributed by atoms with Crippen LogP contribution in [0.25, 0.3) is 22.0 Å². The second-order valence-corrected chi connectivity index (χ2v) is 11.3. The van der Waals surface area contributed by atoms with E-state index < -0.39 is 11.7 Å². The van der Waals surface area contributed by atoms with Crippen LogP contribution in [0.1, 0.15) is 16.9 Å². The summed E-state index contributed by atoms with van der Waals surface area (Å²) in [7, 11) is 3.71. The zero-order valence-corrected chi connectivity index (χ0v) is 26.2. The van der Waals surface area contributed by atoms with E-state index in [1.54, 1.807) is 55.8 Å². The molecule has 0 unspecified atom stereocenters. The van der Waals surface area contributed by atoms with Gasteiger partial charge in [-0.25, -0.2) is 8.78 Å². The minimum absolute atomic E-state index is 0.0323. The molecule has 1 aliphatic heterocycles. The van der Waals surface area contributed by atoms with Crippen LogP contribution in [0.4, 0.5) is 14.5 Å². The number of carbonyl (C=O) groups excluding carboxylic acids is 1. The lowest BCUT2D eigenvalue weighted by molar-refractivity contribution is 0.102. The molecule has 2 aromatic heterocycles. The fourth-order valence-corrected chi connectivity index (χ4v) is 5.38. The Morgan fingerprint density at radius 2 is 1.62 bits per heavy atom. The Balaban J connectivity index is 1.11. The van der Waals surface area contributed by atoms with Crippen molar-refractivity contribution in [3.8, 4) is 34.1 Å². The molecular formula is C36H35F2N5O4. The molecule has 0 aliphatic carbocycles. The van der Waals surface area contributed by atoms with Gasteiger partial charge in [-0.3, -0.25) is 14.8 Å². The number of hydrogen-bond acceptors (Lipinski definition) is 8. The van der Waals surface area contributed by atoms with Gasteiger partial charge in [0.15, 0.2) is 23.1 Å². The normalized spacial score (nSPS) is 13.8. The van der Waals surface area contributed by atoms with Gasteiger partial charge in [-0.15, -0.1) is 0 Å². The maximum absolute atomic E-state index is 15.3. The van der Waals surface area contributed by atoms with Crippen molar-refractivity contribution in [3.63, 3.8) is 0 Å². The van der Waals surface area contributed by atoms with E-state index in [1.165, 1.54) is 36.5 Å². The zero-order valence-electron chi connectivity index (χ0n) is 26.2. The summed E-state index contributed by atoms with van der Waals surface area (Å²) in [5.74, 6) is -0.103. The fourth-order valence-electron chi connectivity index (χ4n) is 5.38. The van der Waals surface area contributed by atoms with Crippen molar-refractivity contribution in [1.82, 2.24) is 19.8 Å². The van der Waals surface area contributed by atoms with Crippen LogP contribution < -0.4 is 19.5 Å². The third-order valence-corrected chi connectivity index (χ3v) is 8.04. The number of amides is 1. The van der Waals surface area contributed by atoms with Gasteiger partial charge in [0.1, 0.15) is 17.3 Å². The summed E-state index contributed by atoms with van der Waals surface area (Å²) >= 11 is 0. The van der Waals surface area contributed by atoms with E-state index in [9.17, 15) is 9.18 Å². The summed E-state index contributed by atoms with van der Waals surface area (Å²) in [6, 6.07) is 18.6. The highest BCUT2D eigenvalue weighted by molar-refractivity contribution is 6.03. The third-order valence-electron chi connectivity index (χ3n) is 8.04. The Kier molecular flexibility index (Phi) is 9.84. The van der Waals surface area contributed by atoms with Crippen molar-refractivity contribution in [2.45, 2.75) is 6.42 Å². The minimum Gasteiger partial charge on any atom is -0.493 e. The third kappa shape index (κ3) is 7.82. The van der Waals surface area contributed by atoms with Gasteiger partial charge in [-0.2, -0.15) is 0 Å². The Hall–Kier alpha value is -5.13. The molecule has 0 spiro atoms. The monoisotopic (exact) mass is 639 g/mol. The Bertz CT molecular complexity index is 1860. The average Bonchev–Trinajstić information content (AvgIpc) is 3.09. The van der Waals surface area contributed by atoms with E-state index in [0.717, 1.165) is 44.7 Å². The summed E-state index contributed by atoms with van der Waals surface area (Å²) in [6.07, 6.45) is 3.96. The van der Waals surface area contributed by atoms with Crippen LogP contribution in [-0.4, -0.2) is 79.2 Å². The lowest BCUT2D eigenvalue weighted by Crippen LogP contribution is -2.44. The standard InChI is InChI=1S/C36H35F2N5O4/c1-42-15-17-43(18-16-42)14-3-19-46-35-23-30-28(22-34(35)45-2)32(11-13-39-30)47-33-9-8-27(21-29(33)38)41-36(44)31-20-25(10-12-40-31)24-4-6-26(37)7-5-24/h4-13,20-23H,3,14-19H2,1-2H3,(H,41,44). The first-order valence-electron chi connectivity index (χ1n) is 15.4. The number of fused-ring (bicyclic) bond motifs is 1. The van der Waals surface area contributed by atoms with Crippen LogP contribution in [0, 0.1) is 11.6 Å². The van der Waals surface area contributed by atoms with Gasteiger partial charge in [-0.1, -0.05) is 12.1 Å². The number of rotatable bonds is 11. The van der Waals surface area contributed by atoms with Crippen LogP contribution in [0.5, 0.6) is 23.0 Å². The van der Waals surface area contributed by atoms with Crippen LogP contribution in [0.3, 0.4) is 0 Å². The van der Waals surface area contributed by atoms with Gasteiger partial charge in [0.25, 0.3) is 5.91 Å². The van der Waals surface area contributed by atoms with Crippen LogP contribution in [0.2, 0.25) is 0 Å². The number of carbonyl (C=O) groups is 1. The highest BCUT2D eigenvalue weighted by atomic mass is 19.1. The summed E-state index contributed by atoms with van der Waals surface area (Å²) in [6.45, 7) is 5.78. The molecule has 9 nitrogen and oxygen atoms in total. The first kappa shape index (κ1) is 31.8. The van der Waals surface area contributed by atoms with E-state index in [4.69, 9.17) is 14.2 Å². The molecule has 47 heavy (non-hydrogen) atoms. The molecule has 0 radical (unpaired) electrons. The topological polar surface area (TPSA) is 89.0 Å². The summed E-state index contributed by atoms with van der Waals surface area (Å²) in [5.41, 5.74) is 2.39. The van der Waals surface area contributed by atoms with Crippen molar-refractivity contribution in [1.29, 1.82) is 0 Å². The number of likely N-dealkylation sites (N-methyl/N-ethyl adjacent to an activating group) is 1. The summed E-state index contributed by atoms with van der Waals surface area (Å²) < 4.78 is 46.2. The zero-order chi connectivity index (χ0) is 32.8. The molecule has 5 aromatic rings. The molecule has 0 saturated carbocycles. The van der Waals surface area contributed by atoms with E-state index >= 15 is 4.39 Å². The van der Waals surface area contributed by atoms with Crippen molar-refractivity contribution in [3.05, 3.63) is 103 Å². The van der Waals surface area contributed by atoms with Crippen LogP contribution in [0.15, 0.2) is 85.2 Å². The molecule has 0 bridgehead atoms. The van der Waals surface area contributed by atoms with Gasteiger partial charge in [0, 0.05) is 68.3 Å². The number of piperazine rings is 1. The summed E-state index contributed by atoms with van der Waals surface area (Å²) in [5, 5.41) is 3.29. The largest absolute Gasteiger partial charge is 0.493 e. The number of benzene rings is 3. The molecule has 1 amide bonds. The number of nitrogens with zero attached hydrogens (tertiary/aromatic N) is 4. The molecule has 3 aromatic carbocycles. The molecule has 1 saturated heterocycles. The van der Waals surface area contributed by atoms with Crippen molar-refractivity contribution in [2.75, 3.05) is 58.8 Å². The minimum atomic E-state index is -0.673. The Morgan fingerprint density at radius 3 is 2.38 bits per heavy atom. The lowest BCUT2D eigenvalue weighted by Gasteiger charge is -2.32. The number of hydrogen-bond donors (Lipinski definition) is 1. The molecule has 1 N–H and O–H groups in total. The number of anilines is 1. The van der Waals surface area contributed by atoms with E-state index in [2.05, 4.69) is 32.1 Å². The molecule has 1 fully saturated rings. The number of ether oxygens (including phenoxy) is 3. The first-order chi connectivity index (χ1) is 22.9. The Labute approximate surface area is 271 Å². The van der Waals surface area contributed by atoms with Crippen LogP contribution in [-0.2, 0) is 0 Å². The number of methoxy groups -OCH3 is 1. The first-order valence-corrected chi connectivity index (χ1v) is 15.4. The van der Waals surface area contributed by atoms with Crippen molar-refractivity contribution in [2.24, 2.45) is 0 Å². The number of pyridine rings is 2. The fraction of sp³-hybridized carbons (Fsp3) is 0.250. The van der Waals surface area contributed by atoms with Gasteiger partial charge in [0.2, 0.25) is 0 Å². The number of nitrogens with one attached hydrogen (secondary N) is 1. The molecule has 242 valence electrons. The predicted octanol–water partition coefficient (Wildman–Crippen LogP) is 6.64. The SMILES string of the molecule is COc1cc2c(Oc3ccc(NC(=O)c4cc(-c5ccc(F)cc5)ccn4)cc3F)ccnc2cc1OCCCN1CCN(C)CC1. The maximum atomic E-state index is 15.3. The molecule has 11 heteroatoms. The molecular weight excluding hydrogens is 604 g/mol. The van der Waals surface area contributed by atoms with Gasteiger partial charge < -0.3 is 29.3 Å². The maximum Gasteiger partial charge on any atom is 0.274 e. The van der Waals surface area contributed by atoms with E-state index in [1.807, 2.05) is 0 Å². The van der Waals surface area contributed by atoms with Gasteiger partial charge >= 0.3 is 0 Å². The predicted molar refractivity (Wildman–Crippen MR) is 176 cm³/mol. The number of aromatic nitrogens is 2. The molecule has 0 atom stereocenters. The molecule has 6 rings (SSSR count). The molecule has 1 aliphatic rings. The quantitative estimate of drug-likeness (QED) is 0.161. The van der Waals surface area contributed by atoms with E-state index in [0.29, 0.717) is 40.3 Å².